The van der Waals surface area contributed by atoms with Crippen LogP contribution in [-0.4, -0.2) is 22.6 Å². The summed E-state index contributed by atoms with van der Waals surface area (Å²) in [6.45, 7) is 4.71. The molecule has 2 aliphatic rings. The summed E-state index contributed by atoms with van der Waals surface area (Å²) in [5.41, 5.74) is 4.73. The smallest absolute Gasteiger partial charge is 0.268 e. The molecule has 3 aromatic rings. The lowest BCUT2D eigenvalue weighted by atomic mass is 9.99. The Hall–Kier alpha value is -2.47. The van der Waals surface area contributed by atoms with Crippen LogP contribution in [0.15, 0.2) is 28.8 Å². The van der Waals surface area contributed by atoms with Crippen LogP contribution in [0.4, 0.5) is 5.69 Å². The molecule has 1 unspecified atom stereocenters. The van der Waals surface area contributed by atoms with Gasteiger partial charge in [0.2, 0.25) is 5.91 Å². The Bertz CT molecular complexity index is 1030. The second kappa shape index (κ2) is 6.85. The molecule has 0 saturated carbocycles. The molecule has 1 aliphatic heterocycles. The molecule has 0 spiro atoms. The normalized spacial score (nSPS) is 19.3. The third kappa shape index (κ3) is 3.05. The van der Waals surface area contributed by atoms with Crippen LogP contribution < -0.4 is 4.90 Å². The van der Waals surface area contributed by atoms with Gasteiger partial charge in [-0.25, -0.2) is 0 Å². The maximum atomic E-state index is 12.6. The van der Waals surface area contributed by atoms with E-state index in [-0.39, 0.29) is 11.8 Å². The zero-order chi connectivity index (χ0) is 19.3. The number of rotatable bonds is 3. The van der Waals surface area contributed by atoms with Crippen LogP contribution in [0.5, 0.6) is 0 Å². The summed E-state index contributed by atoms with van der Waals surface area (Å²) < 4.78 is 5.58. The fourth-order valence-corrected chi connectivity index (χ4v) is 5.49. The zero-order valence-corrected chi connectivity index (χ0v) is 17.0. The Labute approximate surface area is 168 Å². The number of thiophene rings is 1. The van der Waals surface area contributed by atoms with Crippen molar-refractivity contribution in [2.75, 3.05) is 11.4 Å². The molecule has 28 heavy (non-hydrogen) atoms. The molecule has 144 valence electrons. The second-order valence-corrected chi connectivity index (χ2v) is 9.06. The molecule has 2 aromatic heterocycles. The maximum absolute atomic E-state index is 12.6. The van der Waals surface area contributed by atoms with Crippen molar-refractivity contribution in [3.8, 4) is 10.8 Å². The van der Waals surface area contributed by atoms with E-state index in [0.29, 0.717) is 24.7 Å². The van der Waals surface area contributed by atoms with E-state index in [1.807, 2.05) is 24.0 Å². The van der Waals surface area contributed by atoms with Gasteiger partial charge in [-0.15, -0.1) is 11.3 Å². The van der Waals surface area contributed by atoms with Crippen molar-refractivity contribution in [2.45, 2.75) is 51.9 Å². The minimum absolute atomic E-state index is 0.0275. The van der Waals surface area contributed by atoms with Crippen LogP contribution >= 0.6 is 11.3 Å². The number of anilines is 1. The van der Waals surface area contributed by atoms with Crippen LogP contribution in [0.2, 0.25) is 0 Å². The predicted octanol–water partition coefficient (Wildman–Crippen LogP) is 4.81. The summed E-state index contributed by atoms with van der Waals surface area (Å²) in [7, 11) is 0. The van der Waals surface area contributed by atoms with Crippen LogP contribution in [-0.2, 0) is 17.6 Å². The van der Waals surface area contributed by atoms with Gasteiger partial charge in [0.25, 0.3) is 5.89 Å². The minimum Gasteiger partial charge on any atom is -0.333 e. The largest absolute Gasteiger partial charge is 0.333 e. The summed E-state index contributed by atoms with van der Waals surface area (Å²) >= 11 is 1.77. The van der Waals surface area contributed by atoms with Gasteiger partial charge in [-0.1, -0.05) is 22.9 Å². The number of benzene rings is 1. The van der Waals surface area contributed by atoms with Gasteiger partial charge >= 0.3 is 0 Å². The molecule has 0 N–H and O–H groups in total. The highest BCUT2D eigenvalue weighted by Crippen LogP contribution is 2.37. The number of hydrogen-bond donors (Lipinski definition) is 0. The van der Waals surface area contributed by atoms with Gasteiger partial charge in [0.15, 0.2) is 5.82 Å². The van der Waals surface area contributed by atoms with E-state index in [2.05, 4.69) is 29.2 Å². The minimum atomic E-state index is -0.0275. The molecule has 3 heterocycles. The molecule has 1 aliphatic carbocycles. The number of nitrogens with zero attached hydrogens (tertiary/aromatic N) is 3. The van der Waals surface area contributed by atoms with Crippen LogP contribution in [0.1, 0.15) is 52.6 Å². The highest BCUT2D eigenvalue weighted by Gasteiger charge is 2.35. The van der Waals surface area contributed by atoms with Gasteiger partial charge in [0, 0.05) is 29.4 Å². The number of amides is 1. The van der Waals surface area contributed by atoms with Crippen molar-refractivity contribution in [3.05, 3.63) is 51.7 Å². The monoisotopic (exact) mass is 393 g/mol. The lowest BCUT2D eigenvalue weighted by Crippen LogP contribution is -2.25. The lowest BCUT2D eigenvalue weighted by molar-refractivity contribution is -0.117. The van der Waals surface area contributed by atoms with E-state index in [1.54, 1.807) is 11.3 Å². The van der Waals surface area contributed by atoms with Crippen molar-refractivity contribution in [1.82, 2.24) is 10.1 Å². The molecule has 1 saturated heterocycles. The Morgan fingerprint density at radius 2 is 2.04 bits per heavy atom. The van der Waals surface area contributed by atoms with Gasteiger partial charge in [0.05, 0.1) is 4.88 Å². The average Bonchev–Trinajstić information content (AvgIpc) is 3.39. The molecule has 6 heteroatoms. The molecule has 1 fully saturated rings. The van der Waals surface area contributed by atoms with E-state index in [9.17, 15) is 4.79 Å². The number of aromatic nitrogens is 2. The highest BCUT2D eigenvalue weighted by molar-refractivity contribution is 7.15. The topological polar surface area (TPSA) is 59.2 Å². The van der Waals surface area contributed by atoms with Gasteiger partial charge < -0.3 is 9.42 Å². The third-order valence-corrected chi connectivity index (χ3v) is 7.01. The Balaban J connectivity index is 1.38. The van der Waals surface area contributed by atoms with Crippen molar-refractivity contribution >= 4 is 22.9 Å². The first-order chi connectivity index (χ1) is 13.6. The molecule has 0 bridgehead atoms. The van der Waals surface area contributed by atoms with Crippen molar-refractivity contribution in [2.24, 2.45) is 0 Å². The number of fused-ring (bicyclic) bond motifs is 1. The highest BCUT2D eigenvalue weighted by atomic mass is 32.1. The number of hydrogen-bond acceptors (Lipinski definition) is 5. The summed E-state index contributed by atoms with van der Waals surface area (Å²) in [6, 6.07) is 8.40. The SMILES string of the molecule is Cc1ccc(N2CC(c3noc(-c4cc5c(s4)CCCC5)n3)CC2=O)c(C)c1. The molecule has 0 radical (unpaired) electrons. The van der Waals surface area contributed by atoms with Gasteiger partial charge in [0.1, 0.15) is 0 Å². The molecule has 5 nitrogen and oxygen atoms in total. The summed E-state index contributed by atoms with van der Waals surface area (Å²) in [5, 5.41) is 4.22. The standard InChI is InChI=1S/C22H23N3O2S/c1-13-7-8-17(14(2)9-13)25-12-16(11-20(25)26)21-23-22(27-24-21)19-10-15-5-3-4-6-18(15)28-19/h7-10,16H,3-6,11-12H2,1-2H3. The van der Waals surface area contributed by atoms with Crippen molar-refractivity contribution < 1.29 is 9.32 Å². The molecule has 1 amide bonds. The van der Waals surface area contributed by atoms with E-state index in [0.717, 1.165) is 29.0 Å². The van der Waals surface area contributed by atoms with Gasteiger partial charge in [-0.2, -0.15) is 4.98 Å². The number of carbonyl (C=O) groups is 1. The fourth-order valence-electron chi connectivity index (χ4n) is 4.32. The Morgan fingerprint density at radius 3 is 2.86 bits per heavy atom. The molecule has 5 rings (SSSR count). The quantitative estimate of drug-likeness (QED) is 0.640. The Morgan fingerprint density at radius 1 is 1.18 bits per heavy atom. The summed E-state index contributed by atoms with van der Waals surface area (Å²) in [6.07, 6.45) is 5.25. The van der Waals surface area contributed by atoms with E-state index in [4.69, 9.17) is 4.52 Å². The zero-order valence-electron chi connectivity index (χ0n) is 16.2. The average molecular weight is 394 g/mol. The molecular weight excluding hydrogens is 370 g/mol. The third-order valence-electron chi connectivity index (χ3n) is 5.78. The maximum Gasteiger partial charge on any atom is 0.268 e. The lowest BCUT2D eigenvalue weighted by Gasteiger charge is -2.19. The molecular formula is C22H23N3O2S. The van der Waals surface area contributed by atoms with E-state index in [1.165, 1.54) is 28.8 Å². The van der Waals surface area contributed by atoms with Crippen LogP contribution in [0.25, 0.3) is 10.8 Å². The van der Waals surface area contributed by atoms with Crippen LogP contribution in [0.3, 0.4) is 0 Å². The van der Waals surface area contributed by atoms with Gasteiger partial charge in [-0.05, 0) is 62.8 Å². The van der Waals surface area contributed by atoms with E-state index >= 15 is 0 Å². The first-order valence-electron chi connectivity index (χ1n) is 9.91. The van der Waals surface area contributed by atoms with Crippen molar-refractivity contribution in [1.29, 1.82) is 0 Å². The van der Waals surface area contributed by atoms with Gasteiger partial charge in [-0.3, -0.25) is 4.79 Å². The number of carbonyl (C=O) groups excluding carboxylic acids is 1. The predicted molar refractivity (Wildman–Crippen MR) is 110 cm³/mol. The molecule has 1 atom stereocenters. The summed E-state index contributed by atoms with van der Waals surface area (Å²) in [4.78, 5) is 21.7. The molecule has 1 aromatic carbocycles. The van der Waals surface area contributed by atoms with Crippen molar-refractivity contribution in [3.63, 3.8) is 0 Å². The Kier molecular flexibility index (Phi) is 4.31. The second-order valence-electron chi connectivity index (χ2n) is 7.92. The first-order valence-corrected chi connectivity index (χ1v) is 10.7. The number of aryl methyl sites for hydroxylation is 4. The van der Waals surface area contributed by atoms with Crippen LogP contribution in [0, 0.1) is 13.8 Å². The fraction of sp³-hybridized carbons (Fsp3) is 0.409. The summed E-state index contributed by atoms with van der Waals surface area (Å²) in [5.74, 6) is 1.32. The van der Waals surface area contributed by atoms with E-state index < -0.39 is 0 Å². The first kappa shape index (κ1) is 17.6.